The van der Waals surface area contributed by atoms with Gasteiger partial charge in [0.2, 0.25) is 5.13 Å². The van der Waals surface area contributed by atoms with Crippen LogP contribution >= 0.6 is 11.3 Å². The van der Waals surface area contributed by atoms with E-state index >= 15 is 0 Å². The number of anilines is 2. The number of carboxylic acid groups (broad SMARTS) is 1. The van der Waals surface area contributed by atoms with Crippen LogP contribution in [-0.2, 0) is 4.79 Å². The Hall–Kier alpha value is -2.48. The van der Waals surface area contributed by atoms with Crippen molar-refractivity contribution in [2.75, 3.05) is 16.8 Å². The molecule has 7 nitrogen and oxygen atoms in total. The molecule has 0 saturated carbocycles. The Morgan fingerprint density at radius 2 is 1.90 bits per heavy atom. The summed E-state index contributed by atoms with van der Waals surface area (Å²) in [5, 5.41) is 20.1. The Bertz CT molecular complexity index is 654. The molecule has 2 rings (SSSR count). The Balaban J connectivity index is 2.20. The summed E-state index contributed by atoms with van der Waals surface area (Å²) in [4.78, 5) is 24.3. The Morgan fingerprint density at radius 1 is 1.24 bits per heavy atom. The summed E-state index contributed by atoms with van der Waals surface area (Å²) in [5.41, 5.74) is 1.52. The molecule has 0 aliphatic carbocycles. The fourth-order valence-electron chi connectivity index (χ4n) is 1.65. The largest absolute Gasteiger partial charge is 0.480 e. The first kappa shape index (κ1) is 14.9. The second-order valence-electron chi connectivity index (χ2n) is 4.37. The van der Waals surface area contributed by atoms with Crippen LogP contribution in [0, 0.1) is 13.8 Å². The third kappa shape index (κ3) is 3.99. The monoisotopic (exact) mass is 306 g/mol. The van der Waals surface area contributed by atoms with E-state index in [0.29, 0.717) is 15.8 Å². The van der Waals surface area contributed by atoms with Crippen LogP contribution in [0.25, 0.3) is 0 Å². The summed E-state index contributed by atoms with van der Waals surface area (Å²) in [5.74, 6) is -1.10. The number of hydrogen-bond acceptors (Lipinski definition) is 5. The van der Waals surface area contributed by atoms with E-state index in [1.54, 1.807) is 19.1 Å². The summed E-state index contributed by atoms with van der Waals surface area (Å²) in [6.07, 6.45) is 0. The minimum Gasteiger partial charge on any atom is -0.480 e. The molecule has 0 aliphatic rings. The maximum Gasteiger partial charge on any atom is 0.328 e. The van der Waals surface area contributed by atoms with Crippen LogP contribution < -0.4 is 10.2 Å². The highest BCUT2D eigenvalue weighted by atomic mass is 32.1. The molecule has 1 aromatic carbocycles. The molecule has 0 saturated heterocycles. The normalized spacial score (nSPS) is 10.2. The first-order valence-electron chi connectivity index (χ1n) is 6.13. The van der Waals surface area contributed by atoms with Crippen molar-refractivity contribution in [3.8, 4) is 0 Å². The quantitative estimate of drug-likeness (QED) is 0.903. The molecule has 1 aromatic heterocycles. The lowest BCUT2D eigenvalue weighted by molar-refractivity contribution is -0.135. The van der Waals surface area contributed by atoms with Crippen molar-refractivity contribution in [3.05, 3.63) is 34.8 Å². The number of aromatic nitrogens is 2. The second kappa shape index (κ2) is 6.31. The number of carbonyl (C=O) groups is 2. The summed E-state index contributed by atoms with van der Waals surface area (Å²) in [6.45, 7) is 3.24. The number of carbonyl (C=O) groups excluding carboxylic acids is 1. The zero-order valence-corrected chi connectivity index (χ0v) is 12.3. The standard InChI is InChI=1S/C13H14N4O3S/c1-8-3-5-10(6-4-8)17(7-11(18)19)13(20)14-12-16-15-9(2)21-12/h3-6H,7H2,1-2H3,(H,18,19)(H,14,16,20). The lowest BCUT2D eigenvalue weighted by Gasteiger charge is -2.20. The third-order valence-corrected chi connectivity index (χ3v) is 3.38. The lowest BCUT2D eigenvalue weighted by atomic mass is 10.2. The van der Waals surface area contributed by atoms with Crippen molar-refractivity contribution < 1.29 is 14.7 Å². The number of rotatable bonds is 4. The molecule has 0 fully saturated rings. The number of nitrogens with one attached hydrogen (secondary N) is 1. The minimum absolute atomic E-state index is 0.333. The highest BCUT2D eigenvalue weighted by molar-refractivity contribution is 7.15. The highest BCUT2D eigenvalue weighted by Gasteiger charge is 2.20. The summed E-state index contributed by atoms with van der Waals surface area (Å²) in [7, 11) is 0. The van der Waals surface area contributed by atoms with Crippen molar-refractivity contribution in [2.45, 2.75) is 13.8 Å². The smallest absolute Gasteiger partial charge is 0.328 e. The number of amides is 2. The van der Waals surface area contributed by atoms with Gasteiger partial charge in [0.1, 0.15) is 11.6 Å². The van der Waals surface area contributed by atoms with Crippen molar-refractivity contribution in [3.63, 3.8) is 0 Å². The molecule has 0 radical (unpaired) electrons. The van der Waals surface area contributed by atoms with Gasteiger partial charge in [0.05, 0.1) is 0 Å². The number of benzene rings is 1. The predicted molar refractivity (Wildman–Crippen MR) is 79.8 cm³/mol. The van der Waals surface area contributed by atoms with Crippen LogP contribution in [0.2, 0.25) is 0 Å². The molecule has 21 heavy (non-hydrogen) atoms. The van der Waals surface area contributed by atoms with E-state index in [9.17, 15) is 9.59 Å². The van der Waals surface area contributed by atoms with Crippen LogP contribution in [0.5, 0.6) is 0 Å². The van der Waals surface area contributed by atoms with E-state index in [1.807, 2.05) is 19.1 Å². The molecular formula is C13H14N4O3S. The van der Waals surface area contributed by atoms with Gasteiger partial charge in [0.25, 0.3) is 0 Å². The Kier molecular flexibility index (Phi) is 4.49. The summed E-state index contributed by atoms with van der Waals surface area (Å²) < 4.78 is 0. The van der Waals surface area contributed by atoms with Crippen molar-refractivity contribution in [1.29, 1.82) is 0 Å². The number of carboxylic acids is 1. The average Bonchev–Trinajstić information content (AvgIpc) is 2.82. The van der Waals surface area contributed by atoms with Gasteiger partial charge in [-0.05, 0) is 26.0 Å². The van der Waals surface area contributed by atoms with Crippen molar-refractivity contribution in [1.82, 2.24) is 10.2 Å². The molecule has 2 amide bonds. The fraction of sp³-hybridized carbons (Fsp3) is 0.231. The van der Waals surface area contributed by atoms with E-state index in [0.717, 1.165) is 10.5 Å². The van der Waals surface area contributed by atoms with Gasteiger partial charge in [-0.25, -0.2) is 4.79 Å². The van der Waals surface area contributed by atoms with Crippen LogP contribution in [0.3, 0.4) is 0 Å². The van der Waals surface area contributed by atoms with Gasteiger partial charge in [-0.15, -0.1) is 10.2 Å². The minimum atomic E-state index is -1.10. The molecule has 0 unspecified atom stereocenters. The predicted octanol–water partition coefficient (Wildman–Crippen LogP) is 2.28. The average molecular weight is 306 g/mol. The van der Waals surface area contributed by atoms with Gasteiger partial charge in [-0.1, -0.05) is 29.0 Å². The van der Waals surface area contributed by atoms with Gasteiger partial charge in [0.15, 0.2) is 0 Å². The van der Waals surface area contributed by atoms with Crippen LogP contribution in [0.4, 0.5) is 15.6 Å². The topological polar surface area (TPSA) is 95.4 Å². The number of nitrogens with zero attached hydrogens (tertiary/aromatic N) is 3. The van der Waals surface area contributed by atoms with Gasteiger partial charge in [-0.2, -0.15) is 0 Å². The zero-order valence-electron chi connectivity index (χ0n) is 11.5. The first-order valence-corrected chi connectivity index (χ1v) is 6.94. The number of hydrogen-bond donors (Lipinski definition) is 2. The van der Waals surface area contributed by atoms with E-state index in [1.165, 1.54) is 11.3 Å². The number of urea groups is 1. The number of aryl methyl sites for hydroxylation is 2. The lowest BCUT2D eigenvalue weighted by Crippen LogP contribution is -2.38. The molecule has 0 bridgehead atoms. The van der Waals surface area contributed by atoms with E-state index < -0.39 is 18.5 Å². The highest BCUT2D eigenvalue weighted by Crippen LogP contribution is 2.18. The van der Waals surface area contributed by atoms with E-state index in [2.05, 4.69) is 15.5 Å². The summed E-state index contributed by atoms with van der Waals surface area (Å²) in [6, 6.07) is 6.46. The van der Waals surface area contributed by atoms with Gasteiger partial charge < -0.3 is 5.11 Å². The number of aliphatic carboxylic acids is 1. The molecule has 2 N–H and O–H groups in total. The summed E-state index contributed by atoms with van der Waals surface area (Å²) >= 11 is 1.22. The Labute approximate surface area is 125 Å². The van der Waals surface area contributed by atoms with E-state index in [4.69, 9.17) is 5.11 Å². The SMILES string of the molecule is Cc1ccc(N(CC(=O)O)C(=O)Nc2nnc(C)s2)cc1. The third-order valence-electron chi connectivity index (χ3n) is 2.62. The van der Waals surface area contributed by atoms with Crippen molar-refractivity contribution in [2.24, 2.45) is 0 Å². The van der Waals surface area contributed by atoms with Gasteiger partial charge in [-0.3, -0.25) is 15.0 Å². The van der Waals surface area contributed by atoms with Crippen LogP contribution in [0.15, 0.2) is 24.3 Å². The molecule has 2 aromatic rings. The molecule has 110 valence electrons. The molecule has 0 aliphatic heterocycles. The molecule has 8 heteroatoms. The Morgan fingerprint density at radius 3 is 2.43 bits per heavy atom. The van der Waals surface area contributed by atoms with E-state index in [-0.39, 0.29) is 0 Å². The molecule has 0 atom stereocenters. The van der Waals surface area contributed by atoms with Gasteiger partial charge >= 0.3 is 12.0 Å². The molecular weight excluding hydrogens is 292 g/mol. The van der Waals surface area contributed by atoms with Gasteiger partial charge in [0, 0.05) is 5.69 Å². The first-order chi connectivity index (χ1) is 9.95. The van der Waals surface area contributed by atoms with Crippen molar-refractivity contribution >= 4 is 34.2 Å². The maximum atomic E-state index is 12.2. The zero-order chi connectivity index (χ0) is 15.4. The second-order valence-corrected chi connectivity index (χ2v) is 5.55. The molecule has 0 spiro atoms. The fourth-order valence-corrected chi connectivity index (χ4v) is 2.23. The van der Waals surface area contributed by atoms with Crippen LogP contribution in [-0.4, -0.2) is 33.8 Å². The molecule has 1 heterocycles. The maximum absolute atomic E-state index is 12.2. The van der Waals surface area contributed by atoms with Crippen LogP contribution in [0.1, 0.15) is 10.6 Å².